The number of aromatic amines is 1. The number of aliphatic hydroxyl groups excluding tert-OH is 2. The summed E-state index contributed by atoms with van der Waals surface area (Å²) in [6.07, 6.45) is -5.12. The molecule has 7 rings (SSSR count). The van der Waals surface area contributed by atoms with E-state index in [0.29, 0.717) is 12.8 Å². The van der Waals surface area contributed by atoms with Gasteiger partial charge in [0.25, 0.3) is 5.56 Å². The van der Waals surface area contributed by atoms with E-state index in [1.807, 2.05) is 156 Å². The molecular formula is C48H57N6O10PS. The van der Waals surface area contributed by atoms with E-state index in [1.165, 1.54) is 17.8 Å². The summed E-state index contributed by atoms with van der Waals surface area (Å²) >= 11 is 6.51. The Labute approximate surface area is 388 Å². The van der Waals surface area contributed by atoms with Crippen LogP contribution in [0.15, 0.2) is 132 Å². The Bertz CT molecular complexity index is 2590. The number of ether oxygens (including phenoxy) is 2. The summed E-state index contributed by atoms with van der Waals surface area (Å²) < 4.78 is 49.4. The van der Waals surface area contributed by atoms with Gasteiger partial charge in [0.1, 0.15) is 17.8 Å². The van der Waals surface area contributed by atoms with Gasteiger partial charge in [0.2, 0.25) is 5.95 Å². The number of benzene rings is 4. The molecule has 0 spiro atoms. The van der Waals surface area contributed by atoms with Crippen LogP contribution in [-0.2, 0) is 39.9 Å². The number of hydrogen-bond acceptors (Lipinski definition) is 15. The van der Waals surface area contributed by atoms with Crippen LogP contribution in [0.4, 0.5) is 5.95 Å². The highest BCUT2D eigenvalue weighted by molar-refractivity contribution is 7.80. The lowest BCUT2D eigenvalue weighted by molar-refractivity contribution is -0.191. The maximum Gasteiger partial charge on any atom is 0.494 e. The molecule has 350 valence electrons. The maximum absolute atomic E-state index is 15.8. The molecule has 2 aromatic heterocycles. The van der Waals surface area contributed by atoms with Crippen molar-refractivity contribution >= 4 is 42.2 Å². The Morgan fingerprint density at radius 2 is 1.50 bits per heavy atom. The number of nitrogens with zero attached hydrogens (tertiary/aromatic N) is 3. The van der Waals surface area contributed by atoms with E-state index in [1.54, 1.807) is 0 Å². The molecule has 7 N–H and O–H groups in total. The number of phosphoric ester groups is 1. The van der Waals surface area contributed by atoms with Gasteiger partial charge in [-0.2, -0.15) is 15.1 Å². The van der Waals surface area contributed by atoms with Gasteiger partial charge < -0.3 is 30.5 Å². The molecule has 1 aliphatic rings. The Kier molecular flexibility index (Phi) is 14.5. The fourth-order valence-corrected chi connectivity index (χ4v) is 11.1. The number of nitrogen functional groups attached to an aromatic ring is 1. The Morgan fingerprint density at radius 1 is 0.970 bits per heavy atom. The van der Waals surface area contributed by atoms with Crippen molar-refractivity contribution in [3.8, 4) is 0 Å². The van der Waals surface area contributed by atoms with Crippen LogP contribution in [-0.4, -0.2) is 69.6 Å². The molecule has 4 unspecified atom stereocenters. The summed E-state index contributed by atoms with van der Waals surface area (Å²) in [5.74, 6) is -0.793. The van der Waals surface area contributed by atoms with Gasteiger partial charge in [0.05, 0.1) is 6.33 Å². The lowest BCUT2D eigenvalue weighted by atomic mass is 9.68. The molecule has 66 heavy (non-hydrogen) atoms. The van der Waals surface area contributed by atoms with Gasteiger partial charge in [-0.1, -0.05) is 162 Å². The molecule has 0 aliphatic carbocycles. The minimum absolute atomic E-state index is 0.0160. The third-order valence-corrected chi connectivity index (χ3v) is 13.8. The number of anilines is 1. The van der Waals surface area contributed by atoms with E-state index in [2.05, 4.69) is 20.4 Å². The van der Waals surface area contributed by atoms with Crippen LogP contribution in [0, 0.1) is 11.3 Å². The highest BCUT2D eigenvalue weighted by Crippen LogP contribution is 2.61. The van der Waals surface area contributed by atoms with Crippen molar-refractivity contribution < 1.29 is 43.0 Å². The fourth-order valence-electron chi connectivity index (χ4n) is 8.80. The molecule has 0 radical (unpaired) electrons. The van der Waals surface area contributed by atoms with Crippen molar-refractivity contribution in [1.29, 1.82) is 0 Å². The molecule has 0 amide bonds. The third-order valence-electron chi connectivity index (χ3n) is 12.1. The molecule has 18 heteroatoms. The van der Waals surface area contributed by atoms with Crippen LogP contribution < -0.4 is 16.8 Å². The van der Waals surface area contributed by atoms with Crippen molar-refractivity contribution in [2.24, 2.45) is 11.3 Å². The Morgan fingerprint density at radius 3 is 2.02 bits per heavy atom. The first-order valence-corrected chi connectivity index (χ1v) is 23.6. The van der Waals surface area contributed by atoms with E-state index >= 15 is 4.57 Å². The zero-order valence-corrected chi connectivity index (χ0v) is 39.3. The smallest absolute Gasteiger partial charge is 0.463 e. The van der Waals surface area contributed by atoms with E-state index in [0.717, 1.165) is 22.3 Å². The highest BCUT2D eigenvalue weighted by atomic mass is 32.1. The molecule has 8 atom stereocenters. The number of hydroxylamine groups is 1. The van der Waals surface area contributed by atoms with Crippen LogP contribution in [0.3, 0.4) is 0 Å². The largest absolute Gasteiger partial charge is 0.494 e. The Balaban J connectivity index is 1.33. The first-order chi connectivity index (χ1) is 31.4. The zero-order valence-electron chi connectivity index (χ0n) is 37.6. The SMILES string of the molecule is CCCC(C)C(OP(=O)(ONCc1ccccc1)OC(O)[C@H]1O[C@@H](n2cnc3c(=O)[nH]c(N)nc32)[C@H](O)[C@]1(C)O)(C(=S)OC(c1ccccc1)(c1ccccc1)c1ccccc1)C(C)(C)C. The number of imidazole rings is 1. The van der Waals surface area contributed by atoms with E-state index in [9.17, 15) is 20.1 Å². The van der Waals surface area contributed by atoms with Gasteiger partial charge in [-0.25, -0.2) is 9.55 Å². The van der Waals surface area contributed by atoms with Crippen LogP contribution in [0.1, 0.15) is 82.9 Å². The minimum atomic E-state index is -5.20. The van der Waals surface area contributed by atoms with Crippen LogP contribution in [0.25, 0.3) is 11.2 Å². The maximum atomic E-state index is 15.8. The van der Waals surface area contributed by atoms with E-state index in [4.69, 9.17) is 41.1 Å². The van der Waals surface area contributed by atoms with Crippen LogP contribution >= 0.6 is 20.0 Å². The summed E-state index contributed by atoms with van der Waals surface area (Å²) in [5.41, 5.74) is 4.13. The normalized spacial score (nSPS) is 21.7. The van der Waals surface area contributed by atoms with Crippen molar-refractivity contribution in [1.82, 2.24) is 25.0 Å². The molecular weight excluding hydrogens is 884 g/mol. The molecule has 3 heterocycles. The quantitative estimate of drug-likeness (QED) is 0.0162. The number of fused-ring (bicyclic) bond motifs is 1. The monoisotopic (exact) mass is 940 g/mol. The standard InChI is InChI=1S/C48H57N6O10PS/c1-7-20-31(2)48(45(3,4)5,43(66)61-47(33-23-14-9-15-24-33,34-25-16-10-17-26-34)35-27-18-11-19-28-35)63-65(59,64-51-29-32-21-12-8-13-22-32)62-42(57)38-46(6,58)37(55)41(60-38)54-30-50-36-39(54)52-44(49)53-40(36)56/h8-19,21-28,30-31,37-38,41-42,51,55,57-58H,7,20,29H2,1-6H3,(H3,49,52,53,56)/t31?,37-,38+,41+,42?,46-,48?,65?/m0/s1. The van der Waals surface area contributed by atoms with E-state index in [-0.39, 0.29) is 28.7 Å². The summed E-state index contributed by atoms with van der Waals surface area (Å²) in [6, 6.07) is 38.0. The molecule has 1 aliphatic heterocycles. The highest BCUT2D eigenvalue weighted by Gasteiger charge is 2.62. The minimum Gasteiger partial charge on any atom is -0.463 e. The van der Waals surface area contributed by atoms with Gasteiger partial charge >= 0.3 is 7.82 Å². The van der Waals surface area contributed by atoms with Gasteiger partial charge in [-0.05, 0) is 37.0 Å². The Hall–Kier alpha value is -5.17. The van der Waals surface area contributed by atoms with Gasteiger partial charge in [-0.3, -0.25) is 23.4 Å². The lowest BCUT2D eigenvalue weighted by Gasteiger charge is -2.50. The predicted octanol–water partition coefficient (Wildman–Crippen LogP) is 7.45. The lowest BCUT2D eigenvalue weighted by Crippen LogP contribution is -2.58. The fraction of sp³-hybridized carbons (Fsp3) is 0.375. The predicted molar refractivity (Wildman–Crippen MR) is 252 cm³/mol. The van der Waals surface area contributed by atoms with Crippen molar-refractivity contribution in [3.63, 3.8) is 0 Å². The number of aromatic nitrogens is 4. The first kappa shape index (κ1) is 48.8. The van der Waals surface area contributed by atoms with Gasteiger partial charge in [0.15, 0.2) is 39.9 Å². The van der Waals surface area contributed by atoms with Crippen LogP contribution in [0.5, 0.6) is 0 Å². The second-order valence-electron chi connectivity index (χ2n) is 17.7. The average Bonchev–Trinajstić information content (AvgIpc) is 3.82. The topological polar surface area (TPSA) is 226 Å². The number of thiocarbonyl (C=S) groups is 1. The summed E-state index contributed by atoms with van der Waals surface area (Å²) in [6.45, 7) is 10.7. The summed E-state index contributed by atoms with van der Waals surface area (Å²) in [7, 11) is -5.20. The molecule has 6 aromatic rings. The number of nitrogens with two attached hydrogens (primary N) is 1. The molecule has 0 bridgehead atoms. The second-order valence-corrected chi connectivity index (χ2v) is 19.5. The number of nitrogens with one attached hydrogen (secondary N) is 2. The van der Waals surface area contributed by atoms with Crippen molar-refractivity contribution in [2.45, 2.75) is 102 Å². The average molecular weight is 941 g/mol. The first-order valence-electron chi connectivity index (χ1n) is 21.7. The number of hydrogen-bond donors (Lipinski definition) is 6. The third kappa shape index (κ3) is 9.38. The summed E-state index contributed by atoms with van der Waals surface area (Å²) in [4.78, 5) is 23.2. The molecule has 1 fully saturated rings. The number of phosphoric acid groups is 1. The number of H-pyrrole nitrogens is 1. The van der Waals surface area contributed by atoms with Crippen molar-refractivity contribution in [3.05, 3.63) is 160 Å². The number of rotatable bonds is 18. The molecule has 4 aromatic carbocycles. The summed E-state index contributed by atoms with van der Waals surface area (Å²) in [5, 5.41) is 35.3. The van der Waals surface area contributed by atoms with Crippen LogP contribution in [0.2, 0.25) is 0 Å². The molecule has 0 saturated carbocycles. The van der Waals surface area contributed by atoms with Gasteiger partial charge in [-0.15, -0.1) is 0 Å². The van der Waals surface area contributed by atoms with Crippen molar-refractivity contribution in [2.75, 3.05) is 5.73 Å². The second kappa shape index (κ2) is 19.6. The van der Waals surface area contributed by atoms with E-state index < -0.39 is 66.2 Å². The number of aliphatic hydroxyl groups is 3. The zero-order chi connectivity index (χ0) is 47.5. The molecule has 16 nitrogen and oxygen atoms in total. The molecule has 1 saturated heterocycles. The van der Waals surface area contributed by atoms with Gasteiger partial charge in [0, 0.05) is 28.7 Å².